The van der Waals surface area contributed by atoms with Crippen LogP contribution in [0.15, 0.2) is 65.1 Å². The Hall–Kier alpha value is -3.54. The third kappa shape index (κ3) is 4.70. The Bertz CT molecular complexity index is 1380. The van der Waals surface area contributed by atoms with Crippen molar-refractivity contribution in [1.82, 2.24) is 4.90 Å². The number of fused-ring (bicyclic) bond motifs is 1. The smallest absolute Gasteiger partial charge is 0.253 e. The average Bonchev–Trinajstić information content (AvgIpc) is 3.26. The van der Waals surface area contributed by atoms with Gasteiger partial charge in [-0.25, -0.2) is 13.2 Å². The fourth-order valence-electron chi connectivity index (χ4n) is 4.68. The highest BCUT2D eigenvalue weighted by molar-refractivity contribution is 5.98. The summed E-state index contributed by atoms with van der Waals surface area (Å²) in [4.78, 5) is 14.3. The molecule has 35 heavy (non-hydrogen) atoms. The molecule has 4 aromatic rings. The van der Waals surface area contributed by atoms with E-state index in [0.717, 1.165) is 45.4 Å². The van der Waals surface area contributed by atoms with E-state index in [-0.39, 0.29) is 37.7 Å². The van der Waals surface area contributed by atoms with Crippen LogP contribution < -0.4 is 0 Å². The fraction of sp³-hybridized carbons (Fsp3) is 0.276. The average molecular weight is 478 g/mol. The Balaban J connectivity index is 1.50. The summed E-state index contributed by atoms with van der Waals surface area (Å²) in [5.41, 5.74) is 5.34. The number of rotatable bonds is 4. The first-order valence-electron chi connectivity index (χ1n) is 11.8. The number of carbonyl (C=O) groups is 1. The van der Waals surface area contributed by atoms with Crippen molar-refractivity contribution < 1.29 is 22.4 Å². The summed E-state index contributed by atoms with van der Waals surface area (Å²) in [5.74, 6) is -2.39. The maximum Gasteiger partial charge on any atom is 0.253 e. The van der Waals surface area contributed by atoms with Crippen molar-refractivity contribution in [3.63, 3.8) is 0 Å². The largest absolute Gasteiger partial charge is 0.460 e. The number of piperidine rings is 1. The van der Waals surface area contributed by atoms with Crippen LogP contribution in [-0.2, 0) is 6.42 Å². The zero-order valence-corrected chi connectivity index (χ0v) is 19.7. The fourth-order valence-corrected chi connectivity index (χ4v) is 4.68. The minimum Gasteiger partial charge on any atom is -0.460 e. The minimum atomic E-state index is -2.69. The molecule has 0 bridgehead atoms. The number of hydrogen-bond acceptors (Lipinski definition) is 2. The van der Waals surface area contributed by atoms with E-state index in [2.05, 4.69) is 0 Å². The van der Waals surface area contributed by atoms with E-state index in [4.69, 9.17) is 4.42 Å². The first kappa shape index (κ1) is 23.2. The molecule has 180 valence electrons. The molecule has 0 N–H and O–H groups in total. The van der Waals surface area contributed by atoms with Crippen LogP contribution in [0.2, 0.25) is 0 Å². The molecule has 0 saturated carbocycles. The second kappa shape index (κ2) is 8.91. The van der Waals surface area contributed by atoms with Gasteiger partial charge in [0.15, 0.2) is 0 Å². The third-order valence-electron chi connectivity index (χ3n) is 6.62. The van der Waals surface area contributed by atoms with Crippen LogP contribution in [0.1, 0.15) is 41.4 Å². The van der Waals surface area contributed by atoms with Gasteiger partial charge in [0.2, 0.25) is 0 Å². The molecule has 2 heterocycles. The van der Waals surface area contributed by atoms with Gasteiger partial charge in [-0.15, -0.1) is 0 Å². The standard InChI is InChI=1S/C29H26F3NO2/c1-3-25-16-23-14-21(17-26(27(23)35-25)22-12-18(2)13-24(30)15-22)19-4-6-20(7-5-19)28(34)33-10-8-29(31,32)9-11-33/h4-7,12-17H,3,8-11H2,1-2H3. The molecule has 5 rings (SSSR count). The molecule has 0 unspecified atom stereocenters. The second-order valence-electron chi connectivity index (χ2n) is 9.25. The molecule has 1 amide bonds. The summed E-state index contributed by atoms with van der Waals surface area (Å²) in [7, 11) is 0. The number of aryl methyl sites for hydroxylation is 2. The van der Waals surface area contributed by atoms with E-state index in [1.807, 2.05) is 50.2 Å². The number of furan rings is 1. The number of likely N-dealkylation sites (tertiary alicyclic amines) is 1. The topological polar surface area (TPSA) is 33.5 Å². The number of amides is 1. The minimum absolute atomic E-state index is 0.0565. The Kier molecular flexibility index (Phi) is 5.91. The van der Waals surface area contributed by atoms with Crippen molar-refractivity contribution in [1.29, 1.82) is 0 Å². The van der Waals surface area contributed by atoms with Crippen molar-refractivity contribution in [2.75, 3.05) is 13.1 Å². The molecular weight excluding hydrogens is 451 g/mol. The van der Waals surface area contributed by atoms with Gasteiger partial charge in [-0.2, -0.15) is 0 Å². The lowest BCUT2D eigenvalue weighted by atomic mass is 9.95. The van der Waals surface area contributed by atoms with E-state index >= 15 is 0 Å². The van der Waals surface area contributed by atoms with E-state index in [1.165, 1.54) is 17.0 Å². The van der Waals surface area contributed by atoms with E-state index in [1.54, 1.807) is 12.1 Å². The molecule has 3 nitrogen and oxygen atoms in total. The maximum absolute atomic E-state index is 14.2. The molecule has 0 radical (unpaired) electrons. The zero-order chi connectivity index (χ0) is 24.7. The first-order chi connectivity index (χ1) is 16.7. The highest BCUT2D eigenvalue weighted by Gasteiger charge is 2.35. The van der Waals surface area contributed by atoms with Crippen LogP contribution in [0, 0.1) is 12.7 Å². The van der Waals surface area contributed by atoms with Gasteiger partial charge in [0, 0.05) is 48.9 Å². The van der Waals surface area contributed by atoms with Crippen molar-refractivity contribution in [3.05, 3.63) is 83.4 Å². The van der Waals surface area contributed by atoms with Crippen molar-refractivity contribution >= 4 is 16.9 Å². The van der Waals surface area contributed by atoms with E-state index in [0.29, 0.717) is 11.1 Å². The van der Waals surface area contributed by atoms with Crippen molar-refractivity contribution in [3.8, 4) is 22.3 Å². The molecule has 1 aromatic heterocycles. The van der Waals surface area contributed by atoms with Gasteiger partial charge in [0.05, 0.1) is 0 Å². The summed E-state index contributed by atoms with van der Waals surface area (Å²) in [6.07, 6.45) is 0.137. The quantitative estimate of drug-likeness (QED) is 0.302. The summed E-state index contributed by atoms with van der Waals surface area (Å²) < 4.78 is 47.2. The van der Waals surface area contributed by atoms with Crippen LogP contribution in [-0.4, -0.2) is 29.8 Å². The lowest BCUT2D eigenvalue weighted by molar-refractivity contribution is -0.0494. The molecule has 1 aliphatic heterocycles. The van der Waals surface area contributed by atoms with Gasteiger partial charge in [-0.1, -0.05) is 25.1 Å². The molecule has 0 spiro atoms. The Morgan fingerprint density at radius 2 is 1.66 bits per heavy atom. The molecule has 6 heteroatoms. The summed E-state index contributed by atoms with van der Waals surface area (Å²) in [6.45, 7) is 3.98. The highest BCUT2D eigenvalue weighted by atomic mass is 19.3. The van der Waals surface area contributed by atoms with Gasteiger partial charge in [-0.3, -0.25) is 4.79 Å². The SMILES string of the molecule is CCc1cc2cc(-c3ccc(C(=O)N4CCC(F)(F)CC4)cc3)cc(-c3cc(C)cc(F)c3)c2o1. The van der Waals surface area contributed by atoms with Crippen LogP contribution in [0.25, 0.3) is 33.2 Å². The lowest BCUT2D eigenvalue weighted by Gasteiger charge is -2.31. The third-order valence-corrected chi connectivity index (χ3v) is 6.62. The van der Waals surface area contributed by atoms with E-state index < -0.39 is 5.92 Å². The number of hydrogen-bond donors (Lipinski definition) is 0. The van der Waals surface area contributed by atoms with Crippen molar-refractivity contribution in [2.24, 2.45) is 0 Å². The molecule has 0 aliphatic carbocycles. The Labute approximate surface area is 202 Å². The Morgan fingerprint density at radius 3 is 2.31 bits per heavy atom. The van der Waals surface area contributed by atoms with Crippen LogP contribution in [0.3, 0.4) is 0 Å². The van der Waals surface area contributed by atoms with Gasteiger partial charge in [-0.05, 0) is 71.6 Å². The maximum atomic E-state index is 14.2. The lowest BCUT2D eigenvalue weighted by Crippen LogP contribution is -2.42. The second-order valence-corrected chi connectivity index (χ2v) is 9.25. The summed E-state index contributed by atoms with van der Waals surface area (Å²) in [5, 5.41) is 0.922. The van der Waals surface area contributed by atoms with Crippen LogP contribution in [0.4, 0.5) is 13.2 Å². The molecule has 0 atom stereocenters. The normalized spacial score (nSPS) is 15.5. The highest BCUT2D eigenvalue weighted by Crippen LogP contribution is 2.37. The Morgan fingerprint density at radius 1 is 0.943 bits per heavy atom. The molecule has 1 fully saturated rings. The summed E-state index contributed by atoms with van der Waals surface area (Å²) in [6, 6.07) is 18.1. The van der Waals surface area contributed by atoms with Gasteiger partial charge in [0.1, 0.15) is 17.2 Å². The van der Waals surface area contributed by atoms with E-state index in [9.17, 15) is 18.0 Å². The summed E-state index contributed by atoms with van der Waals surface area (Å²) >= 11 is 0. The van der Waals surface area contributed by atoms with Crippen LogP contribution in [0.5, 0.6) is 0 Å². The van der Waals surface area contributed by atoms with Crippen LogP contribution >= 0.6 is 0 Å². The number of halogens is 3. The molecule has 3 aromatic carbocycles. The van der Waals surface area contributed by atoms with Gasteiger partial charge >= 0.3 is 0 Å². The molecule has 1 saturated heterocycles. The number of nitrogens with zero attached hydrogens (tertiary/aromatic N) is 1. The monoisotopic (exact) mass is 477 g/mol. The number of benzene rings is 3. The number of alkyl halides is 2. The predicted octanol–water partition coefficient (Wildman–Crippen LogP) is 7.65. The predicted molar refractivity (Wildman–Crippen MR) is 131 cm³/mol. The molecule has 1 aliphatic rings. The first-order valence-corrected chi connectivity index (χ1v) is 11.8. The van der Waals surface area contributed by atoms with Gasteiger partial charge in [0.25, 0.3) is 11.8 Å². The van der Waals surface area contributed by atoms with Crippen molar-refractivity contribution in [2.45, 2.75) is 39.0 Å². The number of carbonyl (C=O) groups excluding carboxylic acids is 1. The zero-order valence-electron chi connectivity index (χ0n) is 19.7. The molecular formula is C29H26F3NO2. The van der Waals surface area contributed by atoms with Gasteiger partial charge < -0.3 is 9.32 Å².